The van der Waals surface area contributed by atoms with Gasteiger partial charge in [0, 0.05) is 28.7 Å². The molecular formula is C26H30ClN3O3. The number of carbonyl (C=O) groups excluding carboxylic acids is 1. The number of likely N-dealkylation sites (tertiary alicyclic amines) is 1. The van der Waals surface area contributed by atoms with Crippen molar-refractivity contribution in [3.05, 3.63) is 64.7 Å². The van der Waals surface area contributed by atoms with Crippen molar-refractivity contribution in [1.82, 2.24) is 9.88 Å². The first-order chi connectivity index (χ1) is 15.6. The van der Waals surface area contributed by atoms with Crippen molar-refractivity contribution < 1.29 is 14.3 Å². The number of aromatic nitrogens is 1. The number of carbonyl (C=O) groups is 1. The summed E-state index contributed by atoms with van der Waals surface area (Å²) >= 11 is 6.50. The smallest absolute Gasteiger partial charge is 0.410 e. The van der Waals surface area contributed by atoms with Crippen LogP contribution in [0.2, 0.25) is 5.02 Å². The number of anilines is 1. The average Bonchev–Trinajstić information content (AvgIpc) is 3.19. The molecule has 0 aliphatic carbocycles. The Hall–Kier alpha value is -2.99. The standard InChI is InChI=1S/C26H30ClN3O3/c1-17-20(7-6-8-21(17)27)26(13-14-30(16-26)24(31)33-25(2,3)4)29-19-11-9-18-10-12-23(32-5)28-22(18)15-19/h6-12,15,29H,13-14,16H2,1-5H3. The zero-order chi connectivity index (χ0) is 23.8. The number of amides is 1. The highest BCUT2D eigenvalue weighted by molar-refractivity contribution is 6.31. The Balaban J connectivity index is 1.72. The van der Waals surface area contributed by atoms with E-state index in [1.165, 1.54) is 0 Å². The predicted octanol–water partition coefficient (Wildman–Crippen LogP) is 6.15. The second-order valence-electron chi connectivity index (χ2n) is 9.53. The monoisotopic (exact) mass is 467 g/mol. The van der Waals surface area contributed by atoms with E-state index in [1.54, 1.807) is 12.0 Å². The summed E-state index contributed by atoms with van der Waals surface area (Å²) in [5.74, 6) is 0.567. The van der Waals surface area contributed by atoms with Gasteiger partial charge >= 0.3 is 6.09 Å². The summed E-state index contributed by atoms with van der Waals surface area (Å²) in [5, 5.41) is 5.45. The number of hydrogen-bond acceptors (Lipinski definition) is 5. The first kappa shape index (κ1) is 23.2. The molecule has 4 rings (SSSR count). The lowest BCUT2D eigenvalue weighted by atomic mass is 9.85. The van der Waals surface area contributed by atoms with Crippen LogP contribution in [0.15, 0.2) is 48.5 Å². The highest BCUT2D eigenvalue weighted by Crippen LogP contribution is 2.40. The number of rotatable bonds is 4. The molecule has 1 fully saturated rings. The molecule has 33 heavy (non-hydrogen) atoms. The van der Waals surface area contributed by atoms with E-state index in [4.69, 9.17) is 21.1 Å². The Labute approximate surface area is 199 Å². The van der Waals surface area contributed by atoms with Gasteiger partial charge in [0.2, 0.25) is 5.88 Å². The molecule has 1 aliphatic heterocycles. The van der Waals surface area contributed by atoms with Crippen LogP contribution in [-0.4, -0.2) is 41.8 Å². The van der Waals surface area contributed by atoms with Crippen molar-refractivity contribution in [2.24, 2.45) is 0 Å². The highest BCUT2D eigenvalue weighted by Gasteiger charge is 2.43. The molecule has 0 bridgehead atoms. The summed E-state index contributed by atoms with van der Waals surface area (Å²) in [5.41, 5.74) is 2.74. The minimum Gasteiger partial charge on any atom is -0.481 e. The largest absolute Gasteiger partial charge is 0.481 e. The summed E-state index contributed by atoms with van der Waals surface area (Å²) in [4.78, 5) is 19.2. The van der Waals surface area contributed by atoms with Crippen LogP contribution in [0.3, 0.4) is 0 Å². The molecule has 3 aromatic rings. The van der Waals surface area contributed by atoms with Gasteiger partial charge in [-0.1, -0.05) is 29.8 Å². The molecule has 0 radical (unpaired) electrons. The van der Waals surface area contributed by atoms with E-state index in [0.717, 1.165) is 34.1 Å². The van der Waals surface area contributed by atoms with E-state index < -0.39 is 11.1 Å². The fourth-order valence-electron chi connectivity index (χ4n) is 4.37. The minimum atomic E-state index is -0.551. The lowest BCUT2D eigenvalue weighted by Crippen LogP contribution is -2.42. The van der Waals surface area contributed by atoms with Gasteiger partial charge in [-0.15, -0.1) is 0 Å². The molecule has 1 N–H and O–H groups in total. The molecule has 0 saturated carbocycles. The molecule has 1 unspecified atom stereocenters. The van der Waals surface area contributed by atoms with Gasteiger partial charge in [-0.2, -0.15) is 0 Å². The van der Waals surface area contributed by atoms with Crippen LogP contribution in [0.5, 0.6) is 5.88 Å². The number of hydrogen-bond donors (Lipinski definition) is 1. The lowest BCUT2D eigenvalue weighted by Gasteiger charge is -2.34. The molecule has 2 aromatic carbocycles. The summed E-state index contributed by atoms with van der Waals surface area (Å²) in [7, 11) is 1.61. The zero-order valence-corrected chi connectivity index (χ0v) is 20.5. The van der Waals surface area contributed by atoms with Crippen molar-refractivity contribution in [1.29, 1.82) is 0 Å². The molecule has 1 saturated heterocycles. The Morgan fingerprint density at radius 2 is 1.94 bits per heavy atom. The third-order valence-electron chi connectivity index (χ3n) is 5.96. The predicted molar refractivity (Wildman–Crippen MR) is 132 cm³/mol. The van der Waals surface area contributed by atoms with Crippen LogP contribution >= 0.6 is 11.6 Å². The van der Waals surface area contributed by atoms with E-state index in [2.05, 4.69) is 16.4 Å². The van der Waals surface area contributed by atoms with Crippen LogP contribution in [0.1, 0.15) is 38.3 Å². The minimum absolute atomic E-state index is 0.309. The molecule has 1 atom stereocenters. The van der Waals surface area contributed by atoms with Crippen molar-refractivity contribution in [3.8, 4) is 5.88 Å². The van der Waals surface area contributed by atoms with Gasteiger partial charge in [-0.25, -0.2) is 9.78 Å². The third-order valence-corrected chi connectivity index (χ3v) is 6.37. The number of nitrogens with one attached hydrogen (secondary N) is 1. The summed E-state index contributed by atoms with van der Waals surface area (Å²) in [6.07, 6.45) is 0.410. The van der Waals surface area contributed by atoms with Gasteiger partial charge in [-0.3, -0.25) is 0 Å². The Morgan fingerprint density at radius 1 is 1.18 bits per heavy atom. The summed E-state index contributed by atoms with van der Waals surface area (Å²) < 4.78 is 10.9. The Morgan fingerprint density at radius 3 is 2.67 bits per heavy atom. The van der Waals surface area contributed by atoms with Crippen LogP contribution in [0.25, 0.3) is 10.9 Å². The van der Waals surface area contributed by atoms with Crippen molar-refractivity contribution in [2.45, 2.75) is 45.3 Å². The second kappa shape index (κ2) is 8.75. The van der Waals surface area contributed by atoms with Gasteiger partial charge in [0.25, 0.3) is 0 Å². The van der Waals surface area contributed by atoms with Crippen LogP contribution in [0, 0.1) is 6.92 Å². The van der Waals surface area contributed by atoms with Crippen molar-refractivity contribution >= 4 is 34.3 Å². The quantitative estimate of drug-likeness (QED) is 0.498. The van der Waals surface area contributed by atoms with Gasteiger partial charge in [0.15, 0.2) is 0 Å². The first-order valence-corrected chi connectivity index (χ1v) is 11.4. The van der Waals surface area contributed by atoms with Gasteiger partial charge in [0.05, 0.1) is 24.7 Å². The number of benzene rings is 2. The number of halogens is 1. The summed E-state index contributed by atoms with van der Waals surface area (Å²) in [6, 6.07) is 15.8. The van der Waals surface area contributed by atoms with Crippen molar-refractivity contribution in [2.75, 3.05) is 25.5 Å². The fourth-order valence-corrected chi connectivity index (χ4v) is 4.55. The molecular weight excluding hydrogens is 438 g/mol. The number of methoxy groups -OCH3 is 1. The normalized spacial score (nSPS) is 18.4. The van der Waals surface area contributed by atoms with E-state index in [1.807, 2.05) is 70.2 Å². The Kier molecular flexibility index (Phi) is 6.14. The maximum absolute atomic E-state index is 12.9. The van der Waals surface area contributed by atoms with Gasteiger partial charge in [0.1, 0.15) is 5.60 Å². The molecule has 174 valence electrons. The van der Waals surface area contributed by atoms with Gasteiger partial charge in [-0.05, 0) is 69.5 Å². The third kappa shape index (κ3) is 4.86. The van der Waals surface area contributed by atoms with E-state index in [-0.39, 0.29) is 6.09 Å². The molecule has 2 heterocycles. The van der Waals surface area contributed by atoms with Gasteiger partial charge < -0.3 is 19.7 Å². The topological polar surface area (TPSA) is 63.7 Å². The number of pyridine rings is 1. The van der Waals surface area contributed by atoms with Crippen LogP contribution in [-0.2, 0) is 10.3 Å². The molecule has 0 spiro atoms. The first-order valence-electron chi connectivity index (χ1n) is 11.1. The number of nitrogens with zero attached hydrogens (tertiary/aromatic N) is 2. The maximum atomic E-state index is 12.9. The Bertz CT molecular complexity index is 1190. The average molecular weight is 468 g/mol. The van der Waals surface area contributed by atoms with Crippen LogP contribution in [0.4, 0.5) is 10.5 Å². The van der Waals surface area contributed by atoms with E-state index in [9.17, 15) is 4.79 Å². The zero-order valence-electron chi connectivity index (χ0n) is 19.7. The fraction of sp³-hybridized carbons (Fsp3) is 0.385. The summed E-state index contributed by atoms with van der Waals surface area (Å²) in [6.45, 7) is 8.70. The molecule has 6 nitrogen and oxygen atoms in total. The van der Waals surface area contributed by atoms with Crippen molar-refractivity contribution in [3.63, 3.8) is 0 Å². The molecule has 1 aliphatic rings. The molecule has 1 aromatic heterocycles. The van der Waals surface area contributed by atoms with E-state index in [0.29, 0.717) is 24.0 Å². The molecule has 1 amide bonds. The maximum Gasteiger partial charge on any atom is 0.410 e. The lowest BCUT2D eigenvalue weighted by molar-refractivity contribution is 0.0286. The SMILES string of the molecule is COc1ccc2ccc(NC3(c4cccc(Cl)c4C)CCN(C(=O)OC(C)(C)C)C3)cc2n1. The highest BCUT2D eigenvalue weighted by atomic mass is 35.5. The van der Waals surface area contributed by atoms with E-state index >= 15 is 0 Å². The van der Waals surface area contributed by atoms with Crippen LogP contribution < -0.4 is 10.1 Å². The molecule has 7 heteroatoms. The number of fused-ring (bicyclic) bond motifs is 1. The number of ether oxygens (including phenoxy) is 2. The second-order valence-corrected chi connectivity index (χ2v) is 9.94.